The van der Waals surface area contributed by atoms with Crippen molar-refractivity contribution in [2.24, 2.45) is 17.3 Å². The highest BCUT2D eigenvalue weighted by Gasteiger charge is 2.64. The largest absolute Gasteiger partial charge is 0.454 e. The number of aliphatic hydroxyl groups excluding tert-OH is 2. The number of hydrogen-bond donors (Lipinski definition) is 2. The molecule has 1 aromatic carbocycles. The zero-order chi connectivity index (χ0) is 17.8. The van der Waals surface area contributed by atoms with Crippen LogP contribution in [0.1, 0.15) is 31.2 Å². The summed E-state index contributed by atoms with van der Waals surface area (Å²) in [5, 5.41) is 22.0. The van der Waals surface area contributed by atoms with E-state index in [2.05, 4.69) is 13.5 Å². The van der Waals surface area contributed by atoms with Crippen molar-refractivity contribution in [2.45, 2.75) is 44.0 Å². The van der Waals surface area contributed by atoms with Crippen LogP contribution in [0.4, 0.5) is 0 Å². The predicted octanol–water partition coefficient (Wildman–Crippen LogP) is 2.47. The average molecular weight is 346 g/mol. The number of hydrogen-bond acceptors (Lipinski definition) is 5. The van der Waals surface area contributed by atoms with Crippen molar-refractivity contribution < 1.29 is 24.4 Å². The smallest absolute Gasteiger partial charge is 0.231 e. The molecular weight excluding hydrogens is 320 g/mol. The Morgan fingerprint density at radius 2 is 2.08 bits per heavy atom. The molecule has 2 bridgehead atoms. The third-order valence-corrected chi connectivity index (χ3v) is 6.78. The molecule has 25 heavy (non-hydrogen) atoms. The quantitative estimate of drug-likeness (QED) is 0.820. The topological polar surface area (TPSA) is 68.2 Å². The monoisotopic (exact) mass is 346 g/mol. The lowest BCUT2D eigenvalue weighted by Gasteiger charge is -2.45. The lowest BCUT2D eigenvalue weighted by molar-refractivity contribution is -0.143. The van der Waals surface area contributed by atoms with E-state index in [0.717, 1.165) is 17.1 Å². The fourth-order valence-corrected chi connectivity index (χ4v) is 5.50. The Balaban J connectivity index is 1.79. The van der Waals surface area contributed by atoms with Gasteiger partial charge >= 0.3 is 0 Å². The van der Waals surface area contributed by atoms with Crippen LogP contribution in [0.25, 0.3) is 0 Å². The molecule has 1 aromatic rings. The van der Waals surface area contributed by atoms with E-state index in [1.807, 2.05) is 24.3 Å². The van der Waals surface area contributed by atoms with E-state index in [-0.39, 0.29) is 36.1 Å². The molecule has 0 saturated heterocycles. The van der Waals surface area contributed by atoms with Gasteiger partial charge in [0.1, 0.15) is 0 Å². The second-order valence-electron chi connectivity index (χ2n) is 7.64. The molecule has 0 radical (unpaired) electrons. The molecule has 136 valence electrons. The van der Waals surface area contributed by atoms with Gasteiger partial charge in [-0.25, -0.2) is 0 Å². The molecule has 5 heteroatoms. The molecule has 2 saturated carbocycles. The van der Waals surface area contributed by atoms with Crippen molar-refractivity contribution in [3.63, 3.8) is 0 Å². The first kappa shape index (κ1) is 16.9. The van der Waals surface area contributed by atoms with Gasteiger partial charge in [-0.05, 0) is 42.4 Å². The third kappa shape index (κ3) is 2.26. The van der Waals surface area contributed by atoms with Crippen molar-refractivity contribution in [1.29, 1.82) is 0 Å². The first-order valence-corrected chi connectivity index (χ1v) is 8.93. The van der Waals surface area contributed by atoms with Crippen LogP contribution in [0, 0.1) is 17.3 Å². The van der Waals surface area contributed by atoms with Gasteiger partial charge in [0.05, 0.1) is 18.3 Å². The number of fused-ring (bicyclic) bond motifs is 3. The number of allylic oxidation sites excluding steroid dienone is 1. The molecular formula is C20H26O5. The van der Waals surface area contributed by atoms with E-state index in [4.69, 9.17) is 14.2 Å². The van der Waals surface area contributed by atoms with Crippen molar-refractivity contribution in [3.8, 4) is 11.5 Å². The number of methoxy groups -OCH3 is 1. The maximum absolute atomic E-state index is 11.2. The van der Waals surface area contributed by atoms with Gasteiger partial charge in [-0.1, -0.05) is 19.1 Å². The summed E-state index contributed by atoms with van der Waals surface area (Å²) >= 11 is 0. The van der Waals surface area contributed by atoms with Crippen LogP contribution in [-0.2, 0) is 4.74 Å². The van der Waals surface area contributed by atoms with Crippen molar-refractivity contribution in [3.05, 3.63) is 36.4 Å². The molecule has 3 aliphatic rings. The molecule has 0 unspecified atom stereocenters. The van der Waals surface area contributed by atoms with Crippen molar-refractivity contribution in [2.75, 3.05) is 13.9 Å². The Kier molecular flexibility index (Phi) is 4.06. The van der Waals surface area contributed by atoms with Gasteiger partial charge in [0.2, 0.25) is 6.79 Å². The zero-order valence-electron chi connectivity index (χ0n) is 14.7. The molecule has 2 fully saturated rings. The number of rotatable bonds is 4. The number of aliphatic hydroxyl groups is 2. The first-order chi connectivity index (χ1) is 12.0. The molecule has 0 aromatic heterocycles. The van der Waals surface area contributed by atoms with Gasteiger partial charge in [0.15, 0.2) is 11.5 Å². The van der Waals surface area contributed by atoms with Crippen LogP contribution in [-0.4, -0.2) is 42.4 Å². The minimum absolute atomic E-state index is 0.0274. The van der Waals surface area contributed by atoms with E-state index in [9.17, 15) is 10.2 Å². The molecule has 2 N–H and O–H groups in total. The summed E-state index contributed by atoms with van der Waals surface area (Å²) < 4.78 is 16.5. The Hall–Kier alpha value is -1.56. The highest BCUT2D eigenvalue weighted by molar-refractivity contribution is 5.46. The van der Waals surface area contributed by atoms with E-state index in [1.54, 1.807) is 7.11 Å². The average Bonchev–Trinajstić information content (AvgIpc) is 3.13. The molecule has 2 aliphatic carbocycles. The van der Waals surface area contributed by atoms with Gasteiger partial charge in [-0.3, -0.25) is 0 Å². The minimum atomic E-state index is -0.696. The van der Waals surface area contributed by atoms with E-state index < -0.39 is 12.2 Å². The highest BCUT2D eigenvalue weighted by atomic mass is 16.7. The fraction of sp³-hybridized carbons (Fsp3) is 0.600. The maximum Gasteiger partial charge on any atom is 0.231 e. The molecule has 4 rings (SSSR count). The Bertz CT molecular complexity index is 674. The zero-order valence-corrected chi connectivity index (χ0v) is 14.7. The summed E-state index contributed by atoms with van der Waals surface area (Å²) in [6.45, 7) is 6.31. The third-order valence-electron chi connectivity index (χ3n) is 6.78. The molecule has 0 amide bonds. The van der Waals surface area contributed by atoms with Crippen LogP contribution >= 0.6 is 0 Å². The van der Waals surface area contributed by atoms with E-state index in [0.29, 0.717) is 12.8 Å². The second kappa shape index (κ2) is 6.01. The lowest BCUT2D eigenvalue weighted by Crippen LogP contribution is -2.52. The molecule has 5 nitrogen and oxygen atoms in total. The maximum atomic E-state index is 11.2. The van der Waals surface area contributed by atoms with Gasteiger partial charge < -0.3 is 24.4 Å². The van der Waals surface area contributed by atoms with Gasteiger partial charge in [0.25, 0.3) is 0 Å². The standard InChI is InChI=1S/C20H26O5/c1-4-7-20-9-15(23-3)18(21)17(19(20)22)16(11(20)2)12-5-6-13-14(8-12)25-10-24-13/h4-6,8,11,15-19,21-22H,1,7,9-10H2,2-3H3/t11-,15+,16+,17+,18+,19-,20-/m0/s1. The van der Waals surface area contributed by atoms with Gasteiger partial charge in [-0.15, -0.1) is 6.58 Å². The Morgan fingerprint density at radius 3 is 2.80 bits per heavy atom. The summed E-state index contributed by atoms with van der Waals surface area (Å²) in [6, 6.07) is 5.94. The van der Waals surface area contributed by atoms with Crippen LogP contribution in [0.2, 0.25) is 0 Å². The fourth-order valence-electron chi connectivity index (χ4n) is 5.50. The summed E-state index contributed by atoms with van der Waals surface area (Å²) in [5.41, 5.74) is 0.746. The van der Waals surface area contributed by atoms with Crippen molar-refractivity contribution >= 4 is 0 Å². The molecule has 1 heterocycles. The first-order valence-electron chi connectivity index (χ1n) is 8.93. The van der Waals surface area contributed by atoms with Gasteiger partial charge in [-0.2, -0.15) is 0 Å². The minimum Gasteiger partial charge on any atom is -0.454 e. The lowest BCUT2D eigenvalue weighted by atomic mass is 9.66. The summed E-state index contributed by atoms with van der Waals surface area (Å²) in [4.78, 5) is 0. The summed E-state index contributed by atoms with van der Waals surface area (Å²) in [5.74, 6) is 1.42. The SMILES string of the molecule is C=CC[C@]12C[C@@H](OC)[C@@H](O)[C@@H]([C@@H](c3ccc4c(c3)OCO4)[C@@H]1C)[C@@H]2O. The normalized spacial score (nSPS) is 41.8. The van der Waals surface area contributed by atoms with Crippen LogP contribution in [0.5, 0.6) is 11.5 Å². The van der Waals surface area contributed by atoms with Gasteiger partial charge in [0, 0.05) is 18.4 Å². The number of benzene rings is 1. The van der Waals surface area contributed by atoms with Crippen LogP contribution in [0.3, 0.4) is 0 Å². The highest BCUT2D eigenvalue weighted by Crippen LogP contribution is 2.63. The van der Waals surface area contributed by atoms with Crippen molar-refractivity contribution in [1.82, 2.24) is 0 Å². The van der Waals surface area contributed by atoms with Crippen LogP contribution in [0.15, 0.2) is 30.9 Å². The second-order valence-corrected chi connectivity index (χ2v) is 7.64. The molecule has 0 spiro atoms. The predicted molar refractivity (Wildman–Crippen MR) is 92.6 cm³/mol. The molecule has 1 aliphatic heterocycles. The van der Waals surface area contributed by atoms with Crippen LogP contribution < -0.4 is 9.47 Å². The van der Waals surface area contributed by atoms with E-state index in [1.165, 1.54) is 0 Å². The summed E-state index contributed by atoms with van der Waals surface area (Å²) in [6.07, 6.45) is 1.67. The Morgan fingerprint density at radius 1 is 1.32 bits per heavy atom. The Labute approximate surface area is 148 Å². The number of ether oxygens (including phenoxy) is 3. The van der Waals surface area contributed by atoms with E-state index >= 15 is 0 Å². The molecule has 7 atom stereocenters. The summed E-state index contributed by atoms with van der Waals surface area (Å²) in [7, 11) is 1.63.